The predicted octanol–water partition coefficient (Wildman–Crippen LogP) is 4.07. The summed E-state index contributed by atoms with van der Waals surface area (Å²) in [7, 11) is 0. The fourth-order valence-corrected chi connectivity index (χ4v) is 3.70. The second-order valence-electron chi connectivity index (χ2n) is 7.73. The van der Waals surface area contributed by atoms with E-state index in [1.54, 1.807) is 0 Å². The molecule has 0 spiro atoms. The van der Waals surface area contributed by atoms with E-state index in [2.05, 4.69) is 59.3 Å². The third-order valence-corrected chi connectivity index (χ3v) is 5.81. The Hall–Kier alpha value is -2.33. The number of nitrogens with one attached hydrogen (secondary N) is 1. The standard InChI is InChI=1S/C23H31N3O/c1-16-9-10-18(3)21(15-16)24-23(27)20(5)25-11-13-26(14-12-25)22-8-6-7-17(2)19(22)4/h6-10,15,20H,11-14H2,1-5H3,(H,24,27)/t20-/m0/s1. The van der Waals surface area contributed by atoms with Gasteiger partial charge in [0, 0.05) is 37.6 Å². The third-order valence-electron chi connectivity index (χ3n) is 5.81. The number of benzene rings is 2. The first kappa shape index (κ1) is 19.4. The van der Waals surface area contributed by atoms with Gasteiger partial charge in [-0.15, -0.1) is 0 Å². The molecule has 1 aliphatic heterocycles. The maximum atomic E-state index is 12.8. The number of aryl methyl sites for hydroxylation is 3. The van der Waals surface area contributed by atoms with Gasteiger partial charge in [-0.1, -0.05) is 24.3 Å². The van der Waals surface area contributed by atoms with E-state index >= 15 is 0 Å². The van der Waals surface area contributed by atoms with E-state index in [1.807, 2.05) is 26.8 Å². The summed E-state index contributed by atoms with van der Waals surface area (Å²) in [6.45, 7) is 14.1. The van der Waals surface area contributed by atoms with Crippen LogP contribution in [0.25, 0.3) is 0 Å². The summed E-state index contributed by atoms with van der Waals surface area (Å²) >= 11 is 0. The van der Waals surface area contributed by atoms with Crippen molar-refractivity contribution in [2.24, 2.45) is 0 Å². The van der Waals surface area contributed by atoms with Crippen molar-refractivity contribution in [3.63, 3.8) is 0 Å². The predicted molar refractivity (Wildman–Crippen MR) is 114 cm³/mol. The summed E-state index contributed by atoms with van der Waals surface area (Å²) in [5.74, 6) is 0.0730. The van der Waals surface area contributed by atoms with Gasteiger partial charge in [0.15, 0.2) is 0 Å². The minimum atomic E-state index is -0.134. The van der Waals surface area contributed by atoms with Crippen LogP contribution in [-0.2, 0) is 4.79 Å². The molecule has 1 N–H and O–H groups in total. The van der Waals surface area contributed by atoms with E-state index in [4.69, 9.17) is 0 Å². The molecule has 0 saturated carbocycles. The van der Waals surface area contributed by atoms with Crippen molar-refractivity contribution in [2.45, 2.75) is 40.7 Å². The molecule has 1 saturated heterocycles. The molecule has 0 radical (unpaired) electrons. The Labute approximate surface area is 163 Å². The maximum absolute atomic E-state index is 12.8. The first-order valence-corrected chi connectivity index (χ1v) is 9.80. The summed E-state index contributed by atoms with van der Waals surface area (Å²) in [4.78, 5) is 17.5. The molecular weight excluding hydrogens is 334 g/mol. The smallest absolute Gasteiger partial charge is 0.241 e. The van der Waals surface area contributed by atoms with Crippen molar-refractivity contribution in [1.29, 1.82) is 0 Å². The van der Waals surface area contributed by atoms with Crippen LogP contribution in [0.3, 0.4) is 0 Å². The highest BCUT2D eigenvalue weighted by molar-refractivity contribution is 5.95. The zero-order chi connectivity index (χ0) is 19.6. The largest absolute Gasteiger partial charge is 0.369 e. The lowest BCUT2D eigenvalue weighted by Gasteiger charge is -2.39. The number of hydrogen-bond donors (Lipinski definition) is 1. The SMILES string of the molecule is Cc1ccc(C)c(NC(=O)[C@H](C)N2CCN(c3cccc(C)c3C)CC2)c1. The van der Waals surface area contributed by atoms with Crippen molar-refractivity contribution >= 4 is 17.3 Å². The minimum absolute atomic E-state index is 0.0730. The average molecular weight is 366 g/mol. The maximum Gasteiger partial charge on any atom is 0.241 e. The summed E-state index contributed by atoms with van der Waals surface area (Å²) in [5, 5.41) is 3.11. The quantitative estimate of drug-likeness (QED) is 0.887. The molecule has 2 aromatic rings. The first-order chi connectivity index (χ1) is 12.9. The van der Waals surface area contributed by atoms with Crippen molar-refractivity contribution in [2.75, 3.05) is 36.4 Å². The normalized spacial score (nSPS) is 16.3. The number of carbonyl (C=O) groups is 1. The summed E-state index contributed by atoms with van der Waals surface area (Å²) in [6.07, 6.45) is 0. The van der Waals surface area contributed by atoms with Gasteiger partial charge in [0.1, 0.15) is 0 Å². The number of anilines is 2. The van der Waals surface area contributed by atoms with Crippen LogP contribution >= 0.6 is 0 Å². The monoisotopic (exact) mass is 365 g/mol. The molecule has 0 unspecified atom stereocenters. The molecule has 144 valence electrons. The van der Waals surface area contributed by atoms with Gasteiger partial charge in [-0.2, -0.15) is 0 Å². The van der Waals surface area contributed by atoms with Crippen LogP contribution in [0.5, 0.6) is 0 Å². The van der Waals surface area contributed by atoms with Crippen LogP contribution in [0.2, 0.25) is 0 Å². The molecule has 0 aliphatic carbocycles. The second-order valence-corrected chi connectivity index (χ2v) is 7.73. The van der Waals surface area contributed by atoms with Gasteiger partial charge in [0.2, 0.25) is 5.91 Å². The molecule has 1 heterocycles. The van der Waals surface area contributed by atoms with Crippen molar-refractivity contribution in [3.8, 4) is 0 Å². The lowest BCUT2D eigenvalue weighted by atomic mass is 10.1. The molecule has 1 aliphatic rings. The third kappa shape index (κ3) is 4.33. The van der Waals surface area contributed by atoms with Gasteiger partial charge in [-0.05, 0) is 69.0 Å². The Balaban J connectivity index is 1.61. The molecule has 0 bridgehead atoms. The molecule has 27 heavy (non-hydrogen) atoms. The average Bonchev–Trinajstić information content (AvgIpc) is 2.66. The highest BCUT2D eigenvalue weighted by Crippen LogP contribution is 2.24. The Kier molecular flexibility index (Phi) is 5.85. The zero-order valence-corrected chi connectivity index (χ0v) is 17.2. The molecule has 3 rings (SSSR count). The van der Waals surface area contributed by atoms with Gasteiger partial charge in [-0.3, -0.25) is 9.69 Å². The van der Waals surface area contributed by atoms with Crippen LogP contribution in [0.15, 0.2) is 36.4 Å². The van der Waals surface area contributed by atoms with Crippen LogP contribution in [-0.4, -0.2) is 43.0 Å². The number of carbonyl (C=O) groups excluding carboxylic acids is 1. The Morgan fingerprint density at radius 3 is 2.37 bits per heavy atom. The van der Waals surface area contributed by atoms with Crippen LogP contribution in [0.4, 0.5) is 11.4 Å². The van der Waals surface area contributed by atoms with Gasteiger partial charge in [-0.25, -0.2) is 0 Å². The topological polar surface area (TPSA) is 35.6 Å². The molecule has 0 aromatic heterocycles. The van der Waals surface area contributed by atoms with E-state index in [9.17, 15) is 4.79 Å². The number of piperazine rings is 1. The van der Waals surface area contributed by atoms with E-state index < -0.39 is 0 Å². The van der Waals surface area contributed by atoms with Gasteiger partial charge >= 0.3 is 0 Å². The van der Waals surface area contributed by atoms with Gasteiger partial charge < -0.3 is 10.2 Å². The highest BCUT2D eigenvalue weighted by atomic mass is 16.2. The van der Waals surface area contributed by atoms with E-state index in [-0.39, 0.29) is 11.9 Å². The highest BCUT2D eigenvalue weighted by Gasteiger charge is 2.26. The number of amides is 1. The van der Waals surface area contributed by atoms with Gasteiger partial charge in [0.05, 0.1) is 6.04 Å². The van der Waals surface area contributed by atoms with E-state index in [1.165, 1.54) is 16.8 Å². The van der Waals surface area contributed by atoms with Crippen LogP contribution in [0, 0.1) is 27.7 Å². The van der Waals surface area contributed by atoms with Crippen LogP contribution in [0.1, 0.15) is 29.2 Å². The number of hydrogen-bond acceptors (Lipinski definition) is 3. The number of rotatable bonds is 4. The van der Waals surface area contributed by atoms with Crippen molar-refractivity contribution in [1.82, 2.24) is 4.90 Å². The fraction of sp³-hybridized carbons (Fsp3) is 0.435. The van der Waals surface area contributed by atoms with Gasteiger partial charge in [0.25, 0.3) is 0 Å². The molecule has 1 atom stereocenters. The lowest BCUT2D eigenvalue weighted by Crippen LogP contribution is -2.53. The fourth-order valence-electron chi connectivity index (χ4n) is 3.70. The molecule has 4 nitrogen and oxygen atoms in total. The summed E-state index contributed by atoms with van der Waals surface area (Å²) < 4.78 is 0. The van der Waals surface area contributed by atoms with Crippen molar-refractivity contribution < 1.29 is 4.79 Å². The first-order valence-electron chi connectivity index (χ1n) is 9.80. The lowest BCUT2D eigenvalue weighted by molar-refractivity contribution is -0.120. The van der Waals surface area contributed by atoms with E-state index in [0.717, 1.165) is 43.0 Å². The minimum Gasteiger partial charge on any atom is -0.369 e. The van der Waals surface area contributed by atoms with Crippen LogP contribution < -0.4 is 10.2 Å². The Morgan fingerprint density at radius 1 is 0.963 bits per heavy atom. The second kappa shape index (κ2) is 8.13. The summed E-state index contributed by atoms with van der Waals surface area (Å²) in [5.41, 5.74) is 7.18. The molecule has 2 aromatic carbocycles. The summed E-state index contributed by atoms with van der Waals surface area (Å²) in [6, 6.07) is 12.5. The molecule has 1 fully saturated rings. The Bertz CT molecular complexity index is 822. The molecular formula is C23H31N3O. The molecule has 4 heteroatoms. The molecule has 1 amide bonds. The van der Waals surface area contributed by atoms with E-state index in [0.29, 0.717) is 0 Å². The van der Waals surface area contributed by atoms with Crippen molar-refractivity contribution in [3.05, 3.63) is 58.7 Å². The zero-order valence-electron chi connectivity index (χ0n) is 17.2. The Morgan fingerprint density at radius 2 is 1.67 bits per heavy atom. The number of nitrogens with zero attached hydrogens (tertiary/aromatic N) is 2.